The molecule has 1 saturated carbocycles. The molecule has 3 nitrogen and oxygen atoms in total. The van der Waals surface area contributed by atoms with Crippen molar-refractivity contribution in [1.29, 1.82) is 0 Å². The normalized spacial score (nSPS) is 46.4. The van der Waals surface area contributed by atoms with Gasteiger partial charge < -0.3 is 14.9 Å². The van der Waals surface area contributed by atoms with E-state index in [9.17, 15) is 10.2 Å². The summed E-state index contributed by atoms with van der Waals surface area (Å²) in [6, 6.07) is 0. The van der Waals surface area contributed by atoms with Gasteiger partial charge in [-0.15, -0.1) is 0 Å². The van der Waals surface area contributed by atoms with Gasteiger partial charge in [-0.1, -0.05) is 31.9 Å². The molecule has 74 valence electrons. The van der Waals surface area contributed by atoms with Gasteiger partial charge in [0.25, 0.3) is 0 Å². The third-order valence-electron chi connectivity index (χ3n) is 2.73. The standard InChI is InChI=1S/C8H10Br2O3/c1-13-4-2-3-5(8(3,9)10)7(12)6(4)11/h2-3,5-7,11-12H,1H3/t3?,5?,6-,7+/m1/s1. The summed E-state index contributed by atoms with van der Waals surface area (Å²) in [6.45, 7) is 0. The van der Waals surface area contributed by atoms with Crippen LogP contribution in [0.4, 0.5) is 0 Å². The Balaban J connectivity index is 2.27. The third kappa shape index (κ3) is 1.28. The van der Waals surface area contributed by atoms with Gasteiger partial charge in [0.05, 0.1) is 16.4 Å². The Morgan fingerprint density at radius 1 is 1.46 bits per heavy atom. The molecule has 0 heterocycles. The molecular weight excluding hydrogens is 304 g/mol. The van der Waals surface area contributed by atoms with E-state index in [0.717, 1.165) is 0 Å². The molecule has 5 heteroatoms. The van der Waals surface area contributed by atoms with Crippen LogP contribution < -0.4 is 0 Å². The smallest absolute Gasteiger partial charge is 0.137 e. The summed E-state index contributed by atoms with van der Waals surface area (Å²) >= 11 is 6.90. The van der Waals surface area contributed by atoms with Crippen LogP contribution in [-0.2, 0) is 4.74 Å². The van der Waals surface area contributed by atoms with E-state index < -0.39 is 12.2 Å². The number of allylic oxidation sites excluding steroid dienone is 1. The van der Waals surface area contributed by atoms with Crippen LogP contribution in [0, 0.1) is 11.8 Å². The minimum absolute atomic E-state index is 0.0291. The lowest BCUT2D eigenvalue weighted by atomic mass is 10.00. The lowest BCUT2D eigenvalue weighted by Crippen LogP contribution is -2.34. The Morgan fingerprint density at radius 2 is 2.08 bits per heavy atom. The number of aliphatic hydroxyl groups excluding tert-OH is 2. The van der Waals surface area contributed by atoms with Crippen molar-refractivity contribution in [3.05, 3.63) is 11.8 Å². The Labute approximate surface area is 93.0 Å². The van der Waals surface area contributed by atoms with Crippen molar-refractivity contribution in [2.45, 2.75) is 15.4 Å². The van der Waals surface area contributed by atoms with Crippen LogP contribution in [-0.4, -0.2) is 32.8 Å². The van der Waals surface area contributed by atoms with E-state index in [-0.39, 0.29) is 15.1 Å². The van der Waals surface area contributed by atoms with E-state index in [4.69, 9.17) is 4.74 Å². The number of ether oxygens (including phenoxy) is 1. The molecule has 2 aliphatic rings. The molecule has 0 bridgehead atoms. The maximum absolute atomic E-state index is 9.69. The van der Waals surface area contributed by atoms with Crippen LogP contribution in [0.1, 0.15) is 0 Å². The van der Waals surface area contributed by atoms with Crippen molar-refractivity contribution in [2.75, 3.05) is 7.11 Å². The number of methoxy groups -OCH3 is 1. The van der Waals surface area contributed by atoms with Gasteiger partial charge in [-0.25, -0.2) is 0 Å². The van der Waals surface area contributed by atoms with Crippen LogP contribution in [0.15, 0.2) is 11.8 Å². The van der Waals surface area contributed by atoms with Gasteiger partial charge in [-0.2, -0.15) is 0 Å². The number of fused-ring (bicyclic) bond motifs is 1. The van der Waals surface area contributed by atoms with Crippen molar-refractivity contribution in [3.63, 3.8) is 0 Å². The predicted octanol–water partition coefficient (Wildman–Crippen LogP) is 0.984. The fourth-order valence-corrected chi connectivity index (χ4v) is 3.54. The molecule has 0 amide bonds. The highest BCUT2D eigenvalue weighted by atomic mass is 79.9. The molecule has 13 heavy (non-hydrogen) atoms. The van der Waals surface area contributed by atoms with E-state index >= 15 is 0 Å². The number of hydrogen-bond donors (Lipinski definition) is 2. The number of alkyl halides is 2. The molecule has 2 aliphatic carbocycles. The zero-order valence-electron chi connectivity index (χ0n) is 6.95. The number of rotatable bonds is 1. The first-order chi connectivity index (χ1) is 6.00. The molecule has 0 radical (unpaired) electrons. The molecule has 4 atom stereocenters. The zero-order chi connectivity index (χ0) is 9.80. The molecule has 0 aromatic heterocycles. The number of halogens is 2. The molecule has 2 rings (SSSR count). The second-order valence-corrected chi connectivity index (χ2v) is 7.12. The van der Waals surface area contributed by atoms with Gasteiger partial charge in [-0.05, 0) is 6.08 Å². The summed E-state index contributed by atoms with van der Waals surface area (Å²) in [7, 11) is 1.49. The minimum Gasteiger partial charge on any atom is -0.499 e. The van der Waals surface area contributed by atoms with Crippen LogP contribution in [0.5, 0.6) is 0 Å². The molecular formula is C8H10Br2O3. The molecule has 0 aromatic rings. The lowest BCUT2D eigenvalue weighted by Gasteiger charge is -2.22. The van der Waals surface area contributed by atoms with Crippen molar-refractivity contribution < 1.29 is 14.9 Å². The molecule has 2 unspecified atom stereocenters. The van der Waals surface area contributed by atoms with E-state index in [0.29, 0.717) is 5.76 Å². The highest BCUT2D eigenvalue weighted by Gasteiger charge is 2.67. The summed E-state index contributed by atoms with van der Waals surface area (Å²) in [6.07, 6.45) is 0.192. The second kappa shape index (κ2) is 2.95. The summed E-state index contributed by atoms with van der Waals surface area (Å²) in [5.74, 6) is 0.678. The van der Waals surface area contributed by atoms with Crippen molar-refractivity contribution in [2.24, 2.45) is 11.8 Å². The Hall–Kier alpha value is 0.420. The van der Waals surface area contributed by atoms with Crippen LogP contribution in [0.2, 0.25) is 0 Å². The van der Waals surface area contributed by atoms with Gasteiger partial charge in [-0.3, -0.25) is 0 Å². The maximum Gasteiger partial charge on any atom is 0.137 e. The molecule has 0 aliphatic heterocycles. The maximum atomic E-state index is 9.69. The quantitative estimate of drug-likeness (QED) is 0.710. The first kappa shape index (κ1) is 9.96. The van der Waals surface area contributed by atoms with E-state index in [1.807, 2.05) is 6.08 Å². The Morgan fingerprint density at radius 3 is 2.62 bits per heavy atom. The number of hydrogen-bond acceptors (Lipinski definition) is 3. The van der Waals surface area contributed by atoms with Crippen molar-refractivity contribution in [1.82, 2.24) is 0 Å². The number of aliphatic hydroxyl groups is 2. The average Bonchev–Trinajstić information content (AvgIpc) is 2.61. The van der Waals surface area contributed by atoms with Gasteiger partial charge in [0, 0.05) is 11.8 Å². The fraction of sp³-hybridized carbons (Fsp3) is 0.750. The topological polar surface area (TPSA) is 49.7 Å². The van der Waals surface area contributed by atoms with Crippen LogP contribution in [0.3, 0.4) is 0 Å². The monoisotopic (exact) mass is 312 g/mol. The highest BCUT2D eigenvalue weighted by Crippen LogP contribution is 2.66. The molecule has 0 spiro atoms. The van der Waals surface area contributed by atoms with Gasteiger partial charge in [0.1, 0.15) is 11.9 Å². The molecule has 0 saturated heterocycles. The molecule has 1 fully saturated rings. The van der Waals surface area contributed by atoms with E-state index in [1.165, 1.54) is 7.11 Å². The summed E-state index contributed by atoms with van der Waals surface area (Å²) in [4.78, 5) is 0. The fourth-order valence-electron chi connectivity index (χ4n) is 1.86. The van der Waals surface area contributed by atoms with E-state index in [2.05, 4.69) is 31.9 Å². The summed E-state index contributed by atoms with van der Waals surface area (Å²) in [5, 5.41) is 19.3. The first-order valence-corrected chi connectivity index (χ1v) is 5.58. The molecule has 2 N–H and O–H groups in total. The predicted molar refractivity (Wildman–Crippen MR) is 54.7 cm³/mol. The average molecular weight is 314 g/mol. The van der Waals surface area contributed by atoms with Crippen LogP contribution >= 0.6 is 31.9 Å². The van der Waals surface area contributed by atoms with Crippen LogP contribution in [0.25, 0.3) is 0 Å². The third-order valence-corrected chi connectivity index (χ3v) is 4.84. The van der Waals surface area contributed by atoms with Gasteiger partial charge in [0.2, 0.25) is 0 Å². The van der Waals surface area contributed by atoms with Crippen molar-refractivity contribution in [3.8, 4) is 0 Å². The van der Waals surface area contributed by atoms with E-state index in [1.54, 1.807) is 0 Å². The Kier molecular flexibility index (Phi) is 2.26. The lowest BCUT2D eigenvalue weighted by molar-refractivity contribution is -0.00941. The largest absolute Gasteiger partial charge is 0.499 e. The summed E-state index contributed by atoms with van der Waals surface area (Å²) in [5.41, 5.74) is 0. The Bertz CT molecular complexity index is 264. The molecule has 0 aromatic carbocycles. The van der Waals surface area contributed by atoms with Gasteiger partial charge >= 0.3 is 0 Å². The van der Waals surface area contributed by atoms with Gasteiger partial charge in [0.15, 0.2) is 0 Å². The second-order valence-electron chi connectivity index (χ2n) is 3.43. The minimum atomic E-state index is -0.900. The summed E-state index contributed by atoms with van der Waals surface area (Å²) < 4.78 is 4.71. The first-order valence-electron chi connectivity index (χ1n) is 3.99. The zero-order valence-corrected chi connectivity index (χ0v) is 10.1. The highest BCUT2D eigenvalue weighted by molar-refractivity contribution is 9.25. The SMILES string of the molecule is COC1=CC2C([C@H](O)[C@@H]1O)C2(Br)Br. The van der Waals surface area contributed by atoms with Crippen molar-refractivity contribution >= 4 is 31.9 Å².